The Balaban J connectivity index is 1.68. The van der Waals surface area contributed by atoms with E-state index in [0.717, 1.165) is 64.7 Å². The molecule has 19 atom stereocenters. The van der Waals surface area contributed by atoms with Crippen LogP contribution in [-0.4, -0.2) is 216 Å². The van der Waals surface area contributed by atoms with Crippen LogP contribution < -0.4 is 10.6 Å². The number of unbranched alkanes of at least 4 members (excludes halogenated alkanes) is 27. The Bertz CT molecular complexity index is 1590. The Morgan fingerprint density at radius 1 is 0.469 bits per heavy atom. The van der Waals surface area contributed by atoms with Crippen molar-refractivity contribution in [1.29, 1.82) is 0 Å². The molecule has 2 amide bonds. The molecular weight excluding hydrogens is 1060 g/mol. The van der Waals surface area contributed by atoms with Gasteiger partial charge in [0, 0.05) is 6.92 Å². The minimum absolute atomic E-state index is 0.130. The van der Waals surface area contributed by atoms with E-state index in [4.69, 9.17) is 28.4 Å². The SMILES string of the molecule is CCCCCCCCCCCCCCCCCCCCC[C@@H](O)C(=O)N[C@@H](CO[C@H]1O[C@H](CO[C@@H]2O[C@H](CO)[C@H](O)[C@H](O)[C@H]2NC(C)=O)[C@H](O)[C@H](O)[C@H]1O[C@H]1O[C@H](CO)[C@H](O)[C@H](O)[C@H]1O)[C@H](O)[C@H](O)CCCCCCCCCCCC. The molecule has 0 radical (unpaired) electrons. The number of carbonyl (C=O) groups excluding carboxylic acids is 2. The molecule has 3 aliphatic heterocycles. The topological polar surface area (TPSA) is 356 Å². The van der Waals surface area contributed by atoms with Crippen molar-refractivity contribution in [3.05, 3.63) is 0 Å². The molecule has 0 bridgehead atoms. The van der Waals surface area contributed by atoms with E-state index in [9.17, 15) is 70.9 Å². The van der Waals surface area contributed by atoms with Crippen molar-refractivity contribution in [2.45, 2.75) is 336 Å². The van der Waals surface area contributed by atoms with Crippen LogP contribution in [0, 0.1) is 0 Å². The van der Waals surface area contributed by atoms with Crippen molar-refractivity contribution in [2.75, 3.05) is 26.4 Å². The van der Waals surface area contributed by atoms with Gasteiger partial charge < -0.3 is 100 Å². The smallest absolute Gasteiger partial charge is 0.249 e. The number of aliphatic hydroxyl groups is 12. The molecule has 0 aromatic rings. The lowest BCUT2D eigenvalue weighted by Gasteiger charge is -2.47. The van der Waals surface area contributed by atoms with E-state index in [1.54, 1.807) is 0 Å². The number of amides is 2. The molecule has 22 heteroatoms. The van der Waals surface area contributed by atoms with Crippen LogP contribution in [0.5, 0.6) is 0 Å². The van der Waals surface area contributed by atoms with Gasteiger partial charge in [0.25, 0.3) is 0 Å². The molecule has 3 aliphatic rings. The maximum atomic E-state index is 13.7. The Hall–Kier alpha value is -1.78. The second kappa shape index (κ2) is 42.9. The molecule has 0 aromatic heterocycles. The molecule has 478 valence electrons. The van der Waals surface area contributed by atoms with Gasteiger partial charge in [-0.15, -0.1) is 0 Å². The molecule has 22 nitrogen and oxygen atoms in total. The van der Waals surface area contributed by atoms with Gasteiger partial charge in [0.2, 0.25) is 11.8 Å². The molecule has 3 heterocycles. The van der Waals surface area contributed by atoms with Gasteiger partial charge in [-0.1, -0.05) is 200 Å². The predicted molar refractivity (Wildman–Crippen MR) is 301 cm³/mol. The third-order valence-electron chi connectivity index (χ3n) is 16.3. The van der Waals surface area contributed by atoms with E-state index in [0.29, 0.717) is 12.8 Å². The van der Waals surface area contributed by atoms with Crippen LogP contribution in [0.4, 0.5) is 0 Å². The van der Waals surface area contributed by atoms with Gasteiger partial charge in [0.05, 0.1) is 38.6 Å². The number of nitrogens with one attached hydrogen (secondary N) is 2. The Morgan fingerprint density at radius 2 is 0.877 bits per heavy atom. The van der Waals surface area contributed by atoms with Gasteiger partial charge in [-0.3, -0.25) is 9.59 Å². The Labute approximate surface area is 483 Å². The number of carbonyl (C=O) groups is 2. The van der Waals surface area contributed by atoms with Gasteiger partial charge in [0.1, 0.15) is 85.4 Å². The van der Waals surface area contributed by atoms with Crippen molar-refractivity contribution >= 4 is 11.8 Å². The third kappa shape index (κ3) is 27.2. The number of hydrogen-bond donors (Lipinski definition) is 14. The highest BCUT2D eigenvalue weighted by Gasteiger charge is 2.52. The fourth-order valence-electron chi connectivity index (χ4n) is 11.0. The van der Waals surface area contributed by atoms with Gasteiger partial charge in [-0.25, -0.2) is 0 Å². The van der Waals surface area contributed by atoms with Crippen LogP contribution in [0.15, 0.2) is 0 Å². The fourth-order valence-corrected chi connectivity index (χ4v) is 11.0. The lowest BCUT2D eigenvalue weighted by atomic mass is 9.96. The molecule has 14 N–H and O–H groups in total. The normalized spacial score (nSPS) is 30.4. The molecule has 3 saturated heterocycles. The number of ether oxygens (including phenoxy) is 6. The Kier molecular flexibility index (Phi) is 39.0. The van der Waals surface area contributed by atoms with Crippen molar-refractivity contribution < 1.29 is 99.3 Å². The van der Waals surface area contributed by atoms with Crippen LogP contribution in [0.2, 0.25) is 0 Å². The second-order valence-electron chi connectivity index (χ2n) is 23.2. The van der Waals surface area contributed by atoms with E-state index in [1.165, 1.54) is 116 Å². The van der Waals surface area contributed by atoms with Crippen LogP contribution in [0.1, 0.15) is 220 Å². The summed E-state index contributed by atoms with van der Waals surface area (Å²) in [6, 6.07) is -2.82. The molecule has 81 heavy (non-hydrogen) atoms. The maximum absolute atomic E-state index is 13.7. The van der Waals surface area contributed by atoms with Gasteiger partial charge in [-0.2, -0.15) is 0 Å². The minimum atomic E-state index is -2.01. The molecular formula is C59H112N2O20. The molecule has 0 spiro atoms. The van der Waals surface area contributed by atoms with E-state index in [-0.39, 0.29) is 12.8 Å². The highest BCUT2D eigenvalue weighted by Crippen LogP contribution is 2.32. The Morgan fingerprint density at radius 3 is 1.33 bits per heavy atom. The van der Waals surface area contributed by atoms with Crippen LogP contribution in [0.25, 0.3) is 0 Å². The average Bonchev–Trinajstić information content (AvgIpc) is 3.47. The minimum Gasteiger partial charge on any atom is -0.394 e. The summed E-state index contributed by atoms with van der Waals surface area (Å²) in [5.74, 6) is -1.48. The zero-order chi connectivity index (χ0) is 59.5. The van der Waals surface area contributed by atoms with Gasteiger partial charge >= 0.3 is 0 Å². The van der Waals surface area contributed by atoms with Crippen molar-refractivity contribution in [3.63, 3.8) is 0 Å². The van der Waals surface area contributed by atoms with Crippen molar-refractivity contribution in [2.24, 2.45) is 0 Å². The van der Waals surface area contributed by atoms with E-state index >= 15 is 0 Å². The fraction of sp³-hybridized carbons (Fsp3) is 0.966. The average molecular weight is 1170 g/mol. The first-order valence-electron chi connectivity index (χ1n) is 31.5. The number of aliphatic hydroxyl groups excluding tert-OH is 12. The summed E-state index contributed by atoms with van der Waals surface area (Å²) >= 11 is 0. The zero-order valence-electron chi connectivity index (χ0n) is 49.4. The number of hydrogen-bond acceptors (Lipinski definition) is 20. The van der Waals surface area contributed by atoms with Crippen LogP contribution in [0.3, 0.4) is 0 Å². The predicted octanol–water partition coefficient (Wildman–Crippen LogP) is 3.30. The van der Waals surface area contributed by atoms with Gasteiger partial charge in [0.15, 0.2) is 18.9 Å². The van der Waals surface area contributed by atoms with Crippen molar-refractivity contribution in [1.82, 2.24) is 10.6 Å². The summed E-state index contributed by atoms with van der Waals surface area (Å²) in [7, 11) is 0. The van der Waals surface area contributed by atoms with E-state index in [2.05, 4.69) is 24.5 Å². The summed E-state index contributed by atoms with van der Waals surface area (Å²) in [4.78, 5) is 25.8. The van der Waals surface area contributed by atoms with Crippen LogP contribution in [-0.2, 0) is 38.0 Å². The molecule has 0 aromatic carbocycles. The highest BCUT2D eigenvalue weighted by molar-refractivity contribution is 5.80. The first-order chi connectivity index (χ1) is 39.0. The van der Waals surface area contributed by atoms with Gasteiger partial charge in [-0.05, 0) is 12.8 Å². The second-order valence-corrected chi connectivity index (χ2v) is 23.2. The summed E-state index contributed by atoms with van der Waals surface area (Å²) in [5.41, 5.74) is 0. The van der Waals surface area contributed by atoms with E-state index < -0.39 is 155 Å². The first kappa shape index (κ1) is 73.5. The standard InChI is InChI=1S/C59H112N2O20/c1-4-6-8-10-12-14-16-17-18-19-20-21-22-23-24-26-28-30-32-34-42(66)56(75)61-40(47(67)41(65)33-31-29-27-25-15-13-11-9-7-5-2)37-76-59-55(81-58-54(74)52(72)49(69)44(36-63)79-58)53(73)50(70)45(80-59)38-77-57-46(60-39(3)64)51(71)48(68)43(35-62)78-57/h40-55,57-59,62-63,65-74H,4-38H2,1-3H3,(H,60,64)(H,61,75)/t40-,41+,42+,43+,44+,45+,46+,47-,48-,49-,50-,51+,52-,53-,54+,55+,57+,58+,59-/m0/s1. The lowest BCUT2D eigenvalue weighted by molar-refractivity contribution is -0.371. The molecule has 0 unspecified atom stereocenters. The highest BCUT2D eigenvalue weighted by atomic mass is 16.8. The quantitative estimate of drug-likeness (QED) is 0.0389. The summed E-state index contributed by atoms with van der Waals surface area (Å²) < 4.78 is 35.2. The number of rotatable bonds is 46. The first-order valence-corrected chi connectivity index (χ1v) is 31.5. The largest absolute Gasteiger partial charge is 0.394 e. The monoisotopic (exact) mass is 1170 g/mol. The van der Waals surface area contributed by atoms with Crippen LogP contribution >= 0.6 is 0 Å². The maximum Gasteiger partial charge on any atom is 0.249 e. The third-order valence-corrected chi connectivity index (χ3v) is 16.3. The summed E-state index contributed by atoms with van der Waals surface area (Å²) in [5, 5.41) is 135. The zero-order valence-corrected chi connectivity index (χ0v) is 49.4. The lowest BCUT2D eigenvalue weighted by Crippen LogP contribution is -2.66. The molecule has 0 saturated carbocycles. The molecule has 3 fully saturated rings. The molecule has 0 aliphatic carbocycles. The van der Waals surface area contributed by atoms with Crippen molar-refractivity contribution in [3.8, 4) is 0 Å². The summed E-state index contributed by atoms with van der Waals surface area (Å²) in [6.45, 7) is 2.63. The summed E-state index contributed by atoms with van der Waals surface area (Å²) in [6.07, 6.45) is 4.59. The molecule has 3 rings (SSSR count). The van der Waals surface area contributed by atoms with E-state index in [1.807, 2.05) is 0 Å².